The van der Waals surface area contributed by atoms with E-state index in [1.807, 2.05) is 0 Å². The van der Waals surface area contributed by atoms with Crippen LogP contribution in [0, 0.1) is 0 Å². The van der Waals surface area contributed by atoms with E-state index in [-0.39, 0.29) is 22.5 Å². The Morgan fingerprint density at radius 1 is 1.10 bits per heavy atom. The fourth-order valence-corrected chi connectivity index (χ4v) is 4.12. The minimum absolute atomic E-state index is 0.0271. The molecule has 0 aliphatic carbocycles. The van der Waals surface area contributed by atoms with E-state index in [1.54, 1.807) is 24.3 Å². The summed E-state index contributed by atoms with van der Waals surface area (Å²) in [6, 6.07) is 10.8. The van der Waals surface area contributed by atoms with Gasteiger partial charge in [0.1, 0.15) is 12.3 Å². The number of ether oxygens (including phenoxy) is 2. The van der Waals surface area contributed by atoms with E-state index in [4.69, 9.17) is 4.74 Å². The van der Waals surface area contributed by atoms with Gasteiger partial charge in [-0.1, -0.05) is 31.8 Å². The number of carbonyl (C=O) groups is 1. The third-order valence-electron chi connectivity index (χ3n) is 4.47. The number of rotatable bonds is 6. The molecule has 10 heteroatoms. The van der Waals surface area contributed by atoms with E-state index in [9.17, 15) is 18.0 Å². The highest BCUT2D eigenvalue weighted by atomic mass is 79.9. The Kier molecular flexibility index (Phi) is 6.49. The summed E-state index contributed by atoms with van der Waals surface area (Å²) in [5.41, 5.74) is 1.10. The van der Waals surface area contributed by atoms with Crippen LogP contribution in [0.4, 0.5) is 30.2 Å². The summed E-state index contributed by atoms with van der Waals surface area (Å²) in [5.74, 6) is -1.23. The number of nitrogens with zero attached hydrogens (tertiary/aromatic N) is 1. The molecule has 162 valence electrons. The standard InChI is InChI=1S/C20H22BrF3N2O3Si/c1-30(2,3)11-10-28-12-26-16-7-5-4-6-14(16)25-15-9-8-13(21)18(17(15)19(26)27)29-20(22,23)24/h4-9,25H,10-12H2,1-3H3. The molecule has 1 heterocycles. The molecule has 5 nitrogen and oxygen atoms in total. The molecule has 2 aromatic rings. The molecule has 0 unspecified atom stereocenters. The third-order valence-corrected chi connectivity index (χ3v) is 6.80. The van der Waals surface area contributed by atoms with Crippen LogP contribution in [0.15, 0.2) is 40.9 Å². The molecule has 0 radical (unpaired) electrons. The maximum atomic E-state index is 13.4. The van der Waals surface area contributed by atoms with Gasteiger partial charge < -0.3 is 14.8 Å². The van der Waals surface area contributed by atoms with Crippen molar-refractivity contribution in [1.82, 2.24) is 0 Å². The molecule has 0 aromatic heterocycles. The lowest BCUT2D eigenvalue weighted by Crippen LogP contribution is -2.34. The monoisotopic (exact) mass is 502 g/mol. The van der Waals surface area contributed by atoms with Crippen molar-refractivity contribution in [2.24, 2.45) is 0 Å². The van der Waals surface area contributed by atoms with Crippen molar-refractivity contribution < 1.29 is 27.4 Å². The van der Waals surface area contributed by atoms with Gasteiger partial charge in [0.15, 0.2) is 5.75 Å². The second-order valence-electron chi connectivity index (χ2n) is 8.07. The quantitative estimate of drug-likeness (QED) is 0.368. The normalized spacial score (nSPS) is 14.0. The molecular formula is C20H22BrF3N2O3Si. The molecule has 2 aromatic carbocycles. The minimum atomic E-state index is -4.95. The van der Waals surface area contributed by atoms with E-state index < -0.39 is 26.1 Å². The van der Waals surface area contributed by atoms with Crippen LogP contribution in [0.3, 0.4) is 0 Å². The van der Waals surface area contributed by atoms with E-state index in [0.717, 1.165) is 6.04 Å². The summed E-state index contributed by atoms with van der Waals surface area (Å²) in [4.78, 5) is 14.7. The van der Waals surface area contributed by atoms with Gasteiger partial charge in [0.2, 0.25) is 0 Å². The predicted molar refractivity (Wildman–Crippen MR) is 116 cm³/mol. The summed E-state index contributed by atoms with van der Waals surface area (Å²) in [5, 5.41) is 3.05. The number of amides is 1. The first-order valence-corrected chi connectivity index (χ1v) is 13.8. The van der Waals surface area contributed by atoms with Gasteiger partial charge >= 0.3 is 6.36 Å². The molecule has 0 saturated heterocycles. The van der Waals surface area contributed by atoms with Crippen LogP contribution >= 0.6 is 15.9 Å². The smallest absolute Gasteiger partial charge is 0.404 e. The van der Waals surface area contributed by atoms with Crippen LogP contribution in [0.2, 0.25) is 25.7 Å². The highest BCUT2D eigenvalue weighted by Crippen LogP contribution is 2.43. The van der Waals surface area contributed by atoms with E-state index in [1.165, 1.54) is 17.0 Å². The van der Waals surface area contributed by atoms with Crippen molar-refractivity contribution in [1.29, 1.82) is 0 Å². The number of carbonyl (C=O) groups excluding carboxylic acids is 1. The van der Waals surface area contributed by atoms with Crippen molar-refractivity contribution in [2.75, 3.05) is 23.6 Å². The molecule has 0 bridgehead atoms. The van der Waals surface area contributed by atoms with E-state index >= 15 is 0 Å². The largest absolute Gasteiger partial charge is 0.573 e. The fraction of sp³-hybridized carbons (Fsp3) is 0.350. The Morgan fingerprint density at radius 2 is 1.80 bits per heavy atom. The van der Waals surface area contributed by atoms with Gasteiger partial charge in [-0.2, -0.15) is 0 Å². The minimum Gasteiger partial charge on any atom is -0.404 e. The lowest BCUT2D eigenvalue weighted by atomic mass is 10.1. The molecule has 1 N–H and O–H groups in total. The van der Waals surface area contributed by atoms with Gasteiger partial charge in [0, 0.05) is 14.7 Å². The lowest BCUT2D eigenvalue weighted by molar-refractivity contribution is -0.275. The van der Waals surface area contributed by atoms with Crippen LogP contribution in [0.25, 0.3) is 0 Å². The van der Waals surface area contributed by atoms with Crippen molar-refractivity contribution in [3.63, 3.8) is 0 Å². The predicted octanol–water partition coefficient (Wildman–Crippen LogP) is 6.36. The van der Waals surface area contributed by atoms with Gasteiger partial charge in [-0.3, -0.25) is 9.69 Å². The fourth-order valence-electron chi connectivity index (χ4n) is 2.96. The van der Waals surface area contributed by atoms with Crippen LogP contribution in [0.1, 0.15) is 10.4 Å². The zero-order valence-corrected chi connectivity index (χ0v) is 19.4. The first kappa shape index (κ1) is 22.6. The molecule has 0 atom stereocenters. The summed E-state index contributed by atoms with van der Waals surface area (Å²) in [6.07, 6.45) is -4.95. The highest BCUT2D eigenvalue weighted by Gasteiger charge is 2.37. The van der Waals surface area contributed by atoms with Crippen LogP contribution in [-0.2, 0) is 4.74 Å². The number of fused-ring (bicyclic) bond motifs is 2. The van der Waals surface area contributed by atoms with E-state index in [2.05, 4.69) is 45.6 Å². The second kappa shape index (κ2) is 8.60. The zero-order valence-electron chi connectivity index (χ0n) is 16.8. The van der Waals surface area contributed by atoms with Crippen LogP contribution in [-0.4, -0.2) is 33.7 Å². The Bertz CT molecular complexity index is 948. The van der Waals surface area contributed by atoms with Gasteiger partial charge in [-0.05, 0) is 46.2 Å². The number of para-hydroxylation sites is 2. The molecule has 0 fully saturated rings. The Labute approximate surface area is 182 Å². The van der Waals surface area contributed by atoms with Gasteiger partial charge in [0.05, 0.1) is 21.5 Å². The molecule has 1 aliphatic heterocycles. The zero-order chi connectivity index (χ0) is 22.1. The number of hydrogen-bond donors (Lipinski definition) is 1. The molecule has 1 amide bonds. The van der Waals surface area contributed by atoms with Crippen molar-refractivity contribution in [3.8, 4) is 5.75 Å². The second-order valence-corrected chi connectivity index (χ2v) is 14.5. The number of alkyl halides is 3. The average Bonchev–Trinajstić information content (AvgIpc) is 2.74. The number of benzene rings is 2. The first-order chi connectivity index (χ1) is 14.0. The van der Waals surface area contributed by atoms with E-state index in [0.29, 0.717) is 18.0 Å². The topological polar surface area (TPSA) is 50.8 Å². The average molecular weight is 503 g/mol. The number of hydrogen-bond acceptors (Lipinski definition) is 4. The van der Waals surface area contributed by atoms with Crippen LogP contribution in [0.5, 0.6) is 5.75 Å². The summed E-state index contributed by atoms with van der Waals surface area (Å²) >= 11 is 3.07. The molecule has 1 aliphatic rings. The van der Waals surface area contributed by atoms with Gasteiger partial charge in [-0.15, -0.1) is 13.2 Å². The summed E-state index contributed by atoms with van der Waals surface area (Å²) < 4.78 is 49.1. The maximum absolute atomic E-state index is 13.4. The molecule has 3 rings (SSSR count). The van der Waals surface area contributed by atoms with Gasteiger partial charge in [-0.25, -0.2) is 0 Å². The Hall–Kier alpha value is -2.04. The SMILES string of the molecule is C[Si](C)(C)CCOCN1C(=O)c2c(ccc(Br)c2OC(F)(F)F)Nc2ccccc21. The molecule has 0 spiro atoms. The van der Waals surface area contributed by atoms with Crippen molar-refractivity contribution in [2.45, 2.75) is 32.0 Å². The summed E-state index contributed by atoms with van der Waals surface area (Å²) in [7, 11) is -1.34. The summed E-state index contributed by atoms with van der Waals surface area (Å²) in [6.45, 7) is 7.01. The molecule has 0 saturated carbocycles. The molecular weight excluding hydrogens is 481 g/mol. The van der Waals surface area contributed by atoms with Crippen molar-refractivity contribution >= 4 is 47.0 Å². The van der Waals surface area contributed by atoms with Crippen molar-refractivity contribution in [3.05, 3.63) is 46.4 Å². The third kappa shape index (κ3) is 5.35. The number of nitrogens with one attached hydrogen (secondary N) is 1. The Balaban J connectivity index is 2.01. The number of halogens is 4. The number of anilines is 3. The lowest BCUT2D eigenvalue weighted by Gasteiger charge is -2.24. The maximum Gasteiger partial charge on any atom is 0.573 e. The van der Waals surface area contributed by atoms with Crippen LogP contribution < -0.4 is 15.0 Å². The Morgan fingerprint density at radius 3 is 2.47 bits per heavy atom. The van der Waals surface area contributed by atoms with Gasteiger partial charge in [0.25, 0.3) is 5.91 Å². The molecule has 30 heavy (non-hydrogen) atoms. The highest BCUT2D eigenvalue weighted by molar-refractivity contribution is 9.10. The first-order valence-electron chi connectivity index (χ1n) is 9.30.